The van der Waals surface area contributed by atoms with Gasteiger partial charge in [0.2, 0.25) is 5.91 Å². The van der Waals surface area contributed by atoms with Crippen LogP contribution in [0.3, 0.4) is 0 Å². The molecule has 1 aliphatic carbocycles. The first kappa shape index (κ1) is 17.8. The predicted molar refractivity (Wildman–Crippen MR) is 90.1 cm³/mol. The fraction of sp³-hybridized carbons (Fsp3) is 0.588. The second kappa shape index (κ2) is 7.81. The van der Waals surface area contributed by atoms with Crippen molar-refractivity contribution in [3.8, 4) is 5.75 Å². The van der Waals surface area contributed by atoms with Crippen LogP contribution >= 0.6 is 0 Å². The van der Waals surface area contributed by atoms with Crippen LogP contribution in [0.2, 0.25) is 0 Å². The lowest BCUT2D eigenvalue weighted by atomic mass is 9.95. The van der Waals surface area contributed by atoms with Crippen molar-refractivity contribution in [3.63, 3.8) is 0 Å². The number of benzene rings is 1. The van der Waals surface area contributed by atoms with E-state index in [9.17, 15) is 13.2 Å². The van der Waals surface area contributed by atoms with Crippen molar-refractivity contribution >= 4 is 15.7 Å². The Morgan fingerprint density at radius 3 is 2.65 bits per heavy atom. The third-order valence-corrected chi connectivity index (χ3v) is 6.39. The standard InChI is InChI=1S/C17H25NO4S/c1-13(17(19)18-15-8-4-3-5-9-15)23(20,21)12-14-7-6-10-16(11-14)22-2/h6-7,10-11,13,15H,3-5,8-9,12H2,1-2H3,(H,18,19). The second-order valence-electron chi connectivity index (χ2n) is 6.14. The van der Waals surface area contributed by atoms with Crippen molar-refractivity contribution in [2.24, 2.45) is 0 Å². The van der Waals surface area contributed by atoms with Crippen LogP contribution in [0.25, 0.3) is 0 Å². The van der Waals surface area contributed by atoms with Gasteiger partial charge in [0.05, 0.1) is 12.9 Å². The molecule has 0 aromatic heterocycles. The zero-order valence-corrected chi connectivity index (χ0v) is 14.6. The number of rotatable bonds is 6. The summed E-state index contributed by atoms with van der Waals surface area (Å²) >= 11 is 0. The minimum absolute atomic E-state index is 0.116. The maximum absolute atomic E-state index is 12.5. The summed E-state index contributed by atoms with van der Waals surface area (Å²) in [5, 5.41) is 1.84. The molecule has 6 heteroatoms. The van der Waals surface area contributed by atoms with Gasteiger partial charge in [0.1, 0.15) is 11.0 Å². The van der Waals surface area contributed by atoms with Crippen LogP contribution in [0.5, 0.6) is 5.75 Å². The molecule has 1 unspecified atom stereocenters. The maximum atomic E-state index is 12.5. The van der Waals surface area contributed by atoms with Crippen molar-refractivity contribution in [2.75, 3.05) is 7.11 Å². The van der Waals surface area contributed by atoms with Crippen molar-refractivity contribution in [2.45, 2.75) is 56.1 Å². The van der Waals surface area contributed by atoms with E-state index in [0.717, 1.165) is 25.7 Å². The molecule has 0 spiro atoms. The molecule has 0 radical (unpaired) electrons. The number of hydrogen-bond acceptors (Lipinski definition) is 4. The average Bonchev–Trinajstić information content (AvgIpc) is 2.54. The Balaban J connectivity index is 2.00. The predicted octanol–water partition coefficient (Wildman–Crippen LogP) is 2.45. The molecule has 1 amide bonds. The maximum Gasteiger partial charge on any atom is 0.238 e. The van der Waals surface area contributed by atoms with Gasteiger partial charge in [0, 0.05) is 6.04 Å². The summed E-state index contributed by atoms with van der Waals surface area (Å²) in [6, 6.07) is 7.03. The Labute approximate surface area is 138 Å². The molecule has 1 saturated carbocycles. The Bertz CT molecular complexity index is 636. The Kier molecular flexibility index (Phi) is 6.04. The minimum atomic E-state index is -3.56. The van der Waals surface area contributed by atoms with Gasteiger partial charge in [-0.2, -0.15) is 0 Å². The molecule has 5 nitrogen and oxygen atoms in total. The zero-order chi connectivity index (χ0) is 16.9. The van der Waals surface area contributed by atoms with Gasteiger partial charge in [0.25, 0.3) is 0 Å². The summed E-state index contributed by atoms with van der Waals surface area (Å²) in [6.45, 7) is 1.47. The first-order valence-electron chi connectivity index (χ1n) is 8.07. The van der Waals surface area contributed by atoms with Crippen molar-refractivity contribution in [1.29, 1.82) is 0 Å². The quantitative estimate of drug-likeness (QED) is 0.864. The Morgan fingerprint density at radius 2 is 2.00 bits per heavy atom. The van der Waals surface area contributed by atoms with Gasteiger partial charge in [-0.25, -0.2) is 8.42 Å². The van der Waals surface area contributed by atoms with Gasteiger partial charge >= 0.3 is 0 Å². The second-order valence-corrected chi connectivity index (χ2v) is 8.47. The third kappa shape index (κ3) is 4.96. The molecular formula is C17H25NO4S. The lowest BCUT2D eigenvalue weighted by Crippen LogP contribution is -2.44. The van der Waals surface area contributed by atoms with Crippen LogP contribution in [0.15, 0.2) is 24.3 Å². The first-order chi connectivity index (χ1) is 10.9. The van der Waals surface area contributed by atoms with Gasteiger partial charge in [-0.1, -0.05) is 31.4 Å². The highest BCUT2D eigenvalue weighted by molar-refractivity contribution is 7.92. The SMILES string of the molecule is COc1cccc(CS(=O)(=O)C(C)C(=O)NC2CCCCC2)c1. The van der Waals surface area contributed by atoms with E-state index in [0.29, 0.717) is 11.3 Å². The third-order valence-electron chi connectivity index (χ3n) is 4.36. The van der Waals surface area contributed by atoms with E-state index in [1.54, 1.807) is 24.3 Å². The van der Waals surface area contributed by atoms with Crippen LogP contribution in [0.4, 0.5) is 0 Å². The highest BCUT2D eigenvalue weighted by Crippen LogP contribution is 2.19. The number of ether oxygens (including phenoxy) is 1. The van der Waals surface area contributed by atoms with E-state index in [4.69, 9.17) is 4.74 Å². The van der Waals surface area contributed by atoms with Crippen LogP contribution in [-0.4, -0.2) is 32.7 Å². The van der Waals surface area contributed by atoms with Gasteiger partial charge in [-0.15, -0.1) is 0 Å². The number of methoxy groups -OCH3 is 1. The van der Waals surface area contributed by atoms with Gasteiger partial charge < -0.3 is 10.1 Å². The Hall–Kier alpha value is -1.56. The molecule has 0 aliphatic heterocycles. The molecule has 2 rings (SSSR count). The van der Waals surface area contributed by atoms with Gasteiger partial charge in [-0.3, -0.25) is 4.79 Å². The normalized spacial score (nSPS) is 17.5. The summed E-state index contributed by atoms with van der Waals surface area (Å²) in [5.74, 6) is 0.0560. The lowest BCUT2D eigenvalue weighted by molar-refractivity contribution is -0.121. The van der Waals surface area contributed by atoms with Gasteiger partial charge in [-0.05, 0) is 37.5 Å². The first-order valence-corrected chi connectivity index (χ1v) is 9.79. The number of nitrogens with one attached hydrogen (secondary N) is 1. The molecule has 1 atom stereocenters. The Morgan fingerprint density at radius 1 is 1.30 bits per heavy atom. The molecule has 128 valence electrons. The number of carbonyl (C=O) groups is 1. The molecule has 1 aromatic carbocycles. The van der Waals surface area contributed by atoms with E-state index < -0.39 is 15.1 Å². The van der Waals surface area contributed by atoms with E-state index in [-0.39, 0.29) is 17.7 Å². The molecule has 1 N–H and O–H groups in total. The molecular weight excluding hydrogens is 314 g/mol. The van der Waals surface area contributed by atoms with Gasteiger partial charge in [0.15, 0.2) is 9.84 Å². The van der Waals surface area contributed by atoms with E-state index in [2.05, 4.69) is 5.32 Å². The van der Waals surface area contributed by atoms with Crippen LogP contribution in [0, 0.1) is 0 Å². The summed E-state index contributed by atoms with van der Waals surface area (Å²) < 4.78 is 30.1. The number of carbonyl (C=O) groups excluding carboxylic acids is 1. The highest BCUT2D eigenvalue weighted by atomic mass is 32.2. The van der Waals surface area contributed by atoms with Crippen molar-refractivity contribution < 1.29 is 17.9 Å². The molecule has 1 fully saturated rings. The van der Waals surface area contributed by atoms with Crippen molar-refractivity contribution in [3.05, 3.63) is 29.8 Å². The summed E-state index contributed by atoms with van der Waals surface area (Å²) in [7, 11) is -2.02. The van der Waals surface area contributed by atoms with E-state index >= 15 is 0 Å². The average molecular weight is 339 g/mol. The molecule has 23 heavy (non-hydrogen) atoms. The van der Waals surface area contributed by atoms with Crippen LogP contribution in [0.1, 0.15) is 44.6 Å². The number of sulfone groups is 1. The molecule has 0 heterocycles. The van der Waals surface area contributed by atoms with E-state index in [1.165, 1.54) is 20.5 Å². The van der Waals surface area contributed by atoms with Crippen LogP contribution in [-0.2, 0) is 20.4 Å². The highest BCUT2D eigenvalue weighted by Gasteiger charge is 2.30. The van der Waals surface area contributed by atoms with E-state index in [1.807, 2.05) is 0 Å². The zero-order valence-electron chi connectivity index (χ0n) is 13.7. The topological polar surface area (TPSA) is 72.5 Å². The molecule has 0 saturated heterocycles. The fourth-order valence-electron chi connectivity index (χ4n) is 2.85. The van der Waals surface area contributed by atoms with Crippen molar-refractivity contribution in [1.82, 2.24) is 5.32 Å². The van der Waals surface area contributed by atoms with Crippen LogP contribution < -0.4 is 10.1 Å². The monoisotopic (exact) mass is 339 g/mol. The molecule has 0 bridgehead atoms. The molecule has 1 aliphatic rings. The smallest absolute Gasteiger partial charge is 0.238 e. The largest absolute Gasteiger partial charge is 0.497 e. The summed E-state index contributed by atoms with van der Waals surface area (Å²) in [5.41, 5.74) is 0.627. The fourth-order valence-corrected chi connectivity index (χ4v) is 4.14. The number of amides is 1. The summed E-state index contributed by atoms with van der Waals surface area (Å²) in [6.07, 6.45) is 5.25. The summed E-state index contributed by atoms with van der Waals surface area (Å²) in [4.78, 5) is 12.3. The minimum Gasteiger partial charge on any atom is -0.497 e. The number of hydrogen-bond donors (Lipinski definition) is 1. The molecule has 1 aromatic rings. The lowest BCUT2D eigenvalue weighted by Gasteiger charge is -2.24.